The lowest BCUT2D eigenvalue weighted by molar-refractivity contribution is 0.145. The van der Waals surface area contributed by atoms with Crippen molar-refractivity contribution in [1.29, 1.82) is 0 Å². The van der Waals surface area contributed by atoms with Crippen LogP contribution in [0.1, 0.15) is 37.9 Å². The molecule has 0 amide bonds. The van der Waals surface area contributed by atoms with Crippen LogP contribution in [0.25, 0.3) is 0 Å². The second-order valence-electron chi connectivity index (χ2n) is 5.68. The molecule has 2 rings (SSSR count). The molecule has 0 unspecified atom stereocenters. The molecule has 1 heterocycles. The highest BCUT2D eigenvalue weighted by Gasteiger charge is 2.21. The summed E-state index contributed by atoms with van der Waals surface area (Å²) in [6, 6.07) is 3.95. The van der Waals surface area contributed by atoms with E-state index < -0.39 is 17.7 Å². The summed E-state index contributed by atoms with van der Waals surface area (Å²) in [6.45, 7) is 5.54. The lowest BCUT2D eigenvalue weighted by Crippen LogP contribution is -2.43. The molecule has 0 spiro atoms. The zero-order chi connectivity index (χ0) is 15.2. The van der Waals surface area contributed by atoms with Gasteiger partial charge in [-0.15, -0.1) is 0 Å². The van der Waals surface area contributed by atoms with Crippen LogP contribution in [-0.2, 0) is 0 Å². The number of likely N-dealkylation sites (tertiary alicyclic amines) is 1. The van der Waals surface area contributed by atoms with Gasteiger partial charge in [0, 0.05) is 12.6 Å². The van der Waals surface area contributed by atoms with Gasteiger partial charge in [-0.3, -0.25) is 0 Å². The molecule has 1 aromatic rings. The Morgan fingerprint density at radius 3 is 2.48 bits per heavy atom. The molecule has 1 aromatic carbocycles. The van der Waals surface area contributed by atoms with Gasteiger partial charge in [0.2, 0.25) is 0 Å². The monoisotopic (exact) mass is 298 g/mol. The fourth-order valence-corrected chi connectivity index (χ4v) is 2.89. The summed E-state index contributed by atoms with van der Waals surface area (Å²) in [5, 5.41) is 13.2. The molecular weight excluding hydrogens is 274 g/mol. The van der Waals surface area contributed by atoms with Crippen molar-refractivity contribution in [2.45, 2.75) is 38.3 Å². The normalized spacial score (nSPS) is 18.9. The van der Waals surface area contributed by atoms with Gasteiger partial charge in [0.25, 0.3) is 0 Å². The fourth-order valence-electron chi connectivity index (χ4n) is 2.89. The third-order valence-corrected chi connectivity index (χ3v) is 4.06. The Kier molecular flexibility index (Phi) is 6.08. The number of nitrogens with zero attached hydrogens (tertiary/aromatic N) is 1. The van der Waals surface area contributed by atoms with Crippen molar-refractivity contribution in [3.05, 3.63) is 35.4 Å². The number of rotatable bonds is 6. The van der Waals surface area contributed by atoms with Gasteiger partial charge < -0.3 is 15.3 Å². The first-order valence-corrected chi connectivity index (χ1v) is 7.69. The number of piperidine rings is 1. The van der Waals surface area contributed by atoms with Gasteiger partial charge in [-0.05, 0) is 51.0 Å². The smallest absolute Gasteiger partial charge is 0.131 e. The highest BCUT2D eigenvalue weighted by atomic mass is 19.1. The van der Waals surface area contributed by atoms with E-state index in [1.807, 2.05) is 0 Å². The number of hydrogen-bond donors (Lipinski definition) is 2. The summed E-state index contributed by atoms with van der Waals surface area (Å²) in [6.07, 6.45) is 2.02. The Morgan fingerprint density at radius 2 is 1.90 bits per heavy atom. The van der Waals surface area contributed by atoms with Crippen LogP contribution in [-0.4, -0.2) is 42.2 Å². The molecule has 1 aliphatic heterocycles. The number of hydrogen-bond acceptors (Lipinski definition) is 3. The predicted molar refractivity (Wildman–Crippen MR) is 79.1 cm³/mol. The number of halogens is 2. The second kappa shape index (κ2) is 7.82. The summed E-state index contributed by atoms with van der Waals surface area (Å²) in [5.41, 5.74) is -0.242. The minimum atomic E-state index is -1.15. The standard InChI is InChI=1S/C16H24F2N2O/c1-2-8-20-9-6-12(7-10-20)19-11-15(21)16-13(17)4-3-5-14(16)18/h3-5,12,15,19,21H,2,6-11H2,1H3/t15-/m0/s1. The van der Waals surface area contributed by atoms with E-state index >= 15 is 0 Å². The Hall–Kier alpha value is -1.04. The molecule has 2 N–H and O–H groups in total. The van der Waals surface area contributed by atoms with Crippen molar-refractivity contribution < 1.29 is 13.9 Å². The predicted octanol–water partition coefficient (Wildman–Crippen LogP) is 2.46. The molecule has 0 bridgehead atoms. The van der Waals surface area contributed by atoms with Crippen LogP contribution < -0.4 is 5.32 Å². The van der Waals surface area contributed by atoms with Crippen molar-refractivity contribution in [2.24, 2.45) is 0 Å². The molecule has 1 atom stereocenters. The molecule has 21 heavy (non-hydrogen) atoms. The van der Waals surface area contributed by atoms with E-state index in [1.165, 1.54) is 18.2 Å². The van der Waals surface area contributed by atoms with Gasteiger partial charge in [0.1, 0.15) is 11.6 Å². The first kappa shape index (κ1) is 16.3. The first-order valence-electron chi connectivity index (χ1n) is 7.69. The van der Waals surface area contributed by atoms with Crippen LogP contribution >= 0.6 is 0 Å². The highest BCUT2D eigenvalue weighted by Crippen LogP contribution is 2.20. The van der Waals surface area contributed by atoms with Crippen LogP contribution in [0.5, 0.6) is 0 Å². The van der Waals surface area contributed by atoms with E-state index in [9.17, 15) is 13.9 Å². The van der Waals surface area contributed by atoms with Crippen molar-refractivity contribution in [2.75, 3.05) is 26.2 Å². The molecule has 5 heteroatoms. The van der Waals surface area contributed by atoms with Gasteiger partial charge >= 0.3 is 0 Å². The van der Waals surface area contributed by atoms with Crippen molar-refractivity contribution in [1.82, 2.24) is 10.2 Å². The third-order valence-electron chi connectivity index (χ3n) is 4.06. The van der Waals surface area contributed by atoms with E-state index in [2.05, 4.69) is 17.1 Å². The molecular formula is C16H24F2N2O. The number of aliphatic hydroxyl groups excluding tert-OH is 1. The van der Waals surface area contributed by atoms with Crippen molar-refractivity contribution in [3.63, 3.8) is 0 Å². The Morgan fingerprint density at radius 1 is 1.29 bits per heavy atom. The van der Waals surface area contributed by atoms with E-state index in [-0.39, 0.29) is 12.1 Å². The van der Waals surface area contributed by atoms with Crippen LogP contribution in [0.15, 0.2) is 18.2 Å². The van der Waals surface area contributed by atoms with Crippen molar-refractivity contribution in [3.8, 4) is 0 Å². The SMILES string of the molecule is CCCN1CCC(NC[C@H](O)c2c(F)cccc2F)CC1. The Bertz CT molecular complexity index is 428. The zero-order valence-corrected chi connectivity index (χ0v) is 12.5. The van der Waals surface area contributed by atoms with Crippen LogP contribution in [0.2, 0.25) is 0 Å². The lowest BCUT2D eigenvalue weighted by atomic mass is 10.0. The van der Waals surface area contributed by atoms with E-state index in [1.54, 1.807) is 0 Å². The van der Waals surface area contributed by atoms with E-state index in [0.29, 0.717) is 6.04 Å². The lowest BCUT2D eigenvalue weighted by Gasteiger charge is -2.32. The van der Waals surface area contributed by atoms with Crippen LogP contribution in [0, 0.1) is 11.6 Å². The highest BCUT2D eigenvalue weighted by molar-refractivity contribution is 5.22. The number of aliphatic hydroxyl groups is 1. The summed E-state index contributed by atoms with van der Waals surface area (Å²) in [4.78, 5) is 2.42. The Balaban J connectivity index is 1.81. The summed E-state index contributed by atoms with van der Waals surface area (Å²) >= 11 is 0. The van der Waals surface area contributed by atoms with Gasteiger partial charge in [0.15, 0.2) is 0 Å². The number of nitrogens with one attached hydrogen (secondary N) is 1. The maximum Gasteiger partial charge on any atom is 0.131 e. The zero-order valence-electron chi connectivity index (χ0n) is 12.5. The molecule has 0 aromatic heterocycles. The molecule has 0 aliphatic carbocycles. The van der Waals surface area contributed by atoms with Crippen molar-refractivity contribution >= 4 is 0 Å². The molecule has 1 aliphatic rings. The molecule has 0 saturated carbocycles. The van der Waals surface area contributed by atoms with Gasteiger partial charge in [0.05, 0.1) is 11.7 Å². The van der Waals surface area contributed by atoms with E-state index in [4.69, 9.17) is 0 Å². The third kappa shape index (κ3) is 4.46. The first-order chi connectivity index (χ1) is 10.1. The average Bonchev–Trinajstić information content (AvgIpc) is 2.47. The molecule has 0 radical (unpaired) electrons. The molecule has 1 fully saturated rings. The maximum absolute atomic E-state index is 13.6. The minimum Gasteiger partial charge on any atom is -0.387 e. The summed E-state index contributed by atoms with van der Waals surface area (Å²) < 4.78 is 27.1. The molecule has 3 nitrogen and oxygen atoms in total. The van der Waals surface area contributed by atoms with E-state index in [0.717, 1.165) is 38.9 Å². The minimum absolute atomic E-state index is 0.177. The molecule has 1 saturated heterocycles. The quantitative estimate of drug-likeness (QED) is 0.847. The van der Waals surface area contributed by atoms with Gasteiger partial charge in [-0.25, -0.2) is 8.78 Å². The second-order valence-corrected chi connectivity index (χ2v) is 5.68. The van der Waals surface area contributed by atoms with Crippen LogP contribution in [0.3, 0.4) is 0 Å². The van der Waals surface area contributed by atoms with Gasteiger partial charge in [-0.1, -0.05) is 13.0 Å². The Labute approximate surface area is 125 Å². The van der Waals surface area contributed by atoms with Gasteiger partial charge in [-0.2, -0.15) is 0 Å². The average molecular weight is 298 g/mol. The summed E-state index contributed by atoms with van der Waals surface area (Å²) in [7, 11) is 0. The topological polar surface area (TPSA) is 35.5 Å². The largest absolute Gasteiger partial charge is 0.387 e. The number of benzene rings is 1. The maximum atomic E-state index is 13.6. The molecule has 118 valence electrons. The summed E-state index contributed by atoms with van der Waals surface area (Å²) in [5.74, 6) is -1.39. The fraction of sp³-hybridized carbons (Fsp3) is 0.625. The van der Waals surface area contributed by atoms with Crippen LogP contribution in [0.4, 0.5) is 8.78 Å².